The third-order valence-corrected chi connectivity index (χ3v) is 4.77. The molecular weight excluding hydrogens is 412 g/mol. The summed E-state index contributed by atoms with van der Waals surface area (Å²) in [5.74, 6) is 0.748. The van der Waals surface area contributed by atoms with Crippen molar-refractivity contribution in [1.29, 1.82) is 0 Å². The zero-order chi connectivity index (χ0) is 20.2. The highest BCUT2D eigenvalue weighted by Gasteiger charge is 2.14. The summed E-state index contributed by atoms with van der Waals surface area (Å²) < 4.78 is 25.3. The number of hydrogen-bond donors (Lipinski definition) is 1. The minimum Gasteiger partial charge on any atom is -0.490 e. The number of rotatable bonds is 13. The van der Waals surface area contributed by atoms with E-state index in [1.54, 1.807) is 18.2 Å². The van der Waals surface area contributed by atoms with Gasteiger partial charge in [0.25, 0.3) is 0 Å². The first-order chi connectivity index (χ1) is 13.7. The molecule has 0 fully saturated rings. The zero-order valence-electron chi connectivity index (χ0n) is 17.3. The molecule has 0 saturated carbocycles. The van der Waals surface area contributed by atoms with Crippen LogP contribution in [-0.4, -0.2) is 13.2 Å². The lowest BCUT2D eigenvalue weighted by molar-refractivity contribution is 0.266. The first-order valence-corrected chi connectivity index (χ1v) is 10.6. The molecular formula is C23H32Cl2FNO2. The predicted molar refractivity (Wildman–Crippen MR) is 121 cm³/mol. The van der Waals surface area contributed by atoms with E-state index in [0.29, 0.717) is 28.7 Å². The first kappa shape index (κ1) is 25.5. The van der Waals surface area contributed by atoms with E-state index in [1.165, 1.54) is 38.2 Å². The van der Waals surface area contributed by atoms with Crippen LogP contribution in [0, 0.1) is 5.82 Å². The Balaban J connectivity index is 0.00000420. The van der Waals surface area contributed by atoms with Crippen LogP contribution >= 0.6 is 24.0 Å². The van der Waals surface area contributed by atoms with Crippen molar-refractivity contribution in [2.45, 2.75) is 59.1 Å². The predicted octanol–water partition coefficient (Wildman–Crippen LogP) is 6.94. The van der Waals surface area contributed by atoms with Crippen molar-refractivity contribution in [2.24, 2.45) is 0 Å². The molecule has 0 aliphatic heterocycles. The van der Waals surface area contributed by atoms with Gasteiger partial charge in [-0.05, 0) is 43.7 Å². The second-order valence-corrected chi connectivity index (χ2v) is 7.22. The van der Waals surface area contributed by atoms with Gasteiger partial charge in [-0.25, -0.2) is 4.39 Å². The van der Waals surface area contributed by atoms with Crippen LogP contribution in [0.1, 0.15) is 57.1 Å². The molecule has 0 heterocycles. The fourth-order valence-corrected chi connectivity index (χ4v) is 3.27. The Kier molecular flexibility index (Phi) is 12.8. The average Bonchev–Trinajstić information content (AvgIpc) is 2.68. The second-order valence-electron chi connectivity index (χ2n) is 6.81. The van der Waals surface area contributed by atoms with Crippen LogP contribution in [0.4, 0.5) is 4.39 Å². The number of unbranched alkanes of at least 4 members (excludes halogenated alkanes) is 4. The van der Waals surface area contributed by atoms with E-state index in [2.05, 4.69) is 12.2 Å². The Morgan fingerprint density at radius 2 is 1.76 bits per heavy atom. The highest BCUT2D eigenvalue weighted by molar-refractivity contribution is 6.32. The number of hydrogen-bond acceptors (Lipinski definition) is 3. The van der Waals surface area contributed by atoms with Crippen LogP contribution in [-0.2, 0) is 13.2 Å². The summed E-state index contributed by atoms with van der Waals surface area (Å²) in [4.78, 5) is 0. The van der Waals surface area contributed by atoms with Crippen molar-refractivity contribution in [3.8, 4) is 11.5 Å². The molecule has 6 heteroatoms. The quantitative estimate of drug-likeness (QED) is 0.340. The minimum atomic E-state index is -0.295. The molecule has 3 nitrogen and oxygen atoms in total. The van der Waals surface area contributed by atoms with Crippen molar-refractivity contribution in [3.63, 3.8) is 0 Å². The molecule has 0 atom stereocenters. The lowest BCUT2D eigenvalue weighted by Crippen LogP contribution is -2.15. The fraction of sp³-hybridized carbons (Fsp3) is 0.478. The standard InChI is InChI=1S/C23H31ClFNO2.ClH/c1-3-5-6-7-10-13-26-16-18-14-20(24)23(22(15-18)27-4-2)28-17-19-11-8-9-12-21(19)25;/h8-9,11-12,14-15,26H,3-7,10,13,16-17H2,1-2H3;1H. The molecule has 1 N–H and O–H groups in total. The van der Waals surface area contributed by atoms with Crippen LogP contribution in [0.5, 0.6) is 11.5 Å². The summed E-state index contributed by atoms with van der Waals surface area (Å²) in [7, 11) is 0. The molecule has 0 unspecified atom stereocenters. The van der Waals surface area contributed by atoms with Gasteiger partial charge in [-0.1, -0.05) is 62.4 Å². The van der Waals surface area contributed by atoms with Gasteiger partial charge in [0, 0.05) is 12.1 Å². The number of ether oxygens (including phenoxy) is 2. The molecule has 0 aliphatic carbocycles. The summed E-state index contributed by atoms with van der Waals surface area (Å²) >= 11 is 6.45. The minimum absolute atomic E-state index is 0. The lowest BCUT2D eigenvalue weighted by atomic mass is 10.1. The molecule has 162 valence electrons. The Morgan fingerprint density at radius 3 is 2.48 bits per heavy atom. The monoisotopic (exact) mass is 443 g/mol. The zero-order valence-corrected chi connectivity index (χ0v) is 18.9. The van der Waals surface area contributed by atoms with Crippen molar-refractivity contribution < 1.29 is 13.9 Å². The molecule has 0 aromatic heterocycles. The Labute approximate surface area is 185 Å². The van der Waals surface area contributed by atoms with E-state index in [1.807, 2.05) is 19.1 Å². The van der Waals surface area contributed by atoms with Gasteiger partial charge in [-0.15, -0.1) is 12.4 Å². The summed E-state index contributed by atoms with van der Waals surface area (Å²) in [6, 6.07) is 10.4. The Morgan fingerprint density at radius 1 is 1.00 bits per heavy atom. The molecule has 2 rings (SSSR count). The topological polar surface area (TPSA) is 30.5 Å². The third-order valence-electron chi connectivity index (χ3n) is 4.49. The number of halogens is 3. The Bertz CT molecular complexity index is 728. The number of benzene rings is 2. The van der Waals surface area contributed by atoms with Gasteiger partial charge in [0.2, 0.25) is 0 Å². The highest BCUT2D eigenvalue weighted by Crippen LogP contribution is 2.37. The van der Waals surface area contributed by atoms with Crippen LogP contribution in [0.15, 0.2) is 36.4 Å². The van der Waals surface area contributed by atoms with E-state index >= 15 is 0 Å². The molecule has 0 amide bonds. The summed E-state index contributed by atoms with van der Waals surface area (Å²) in [6.07, 6.45) is 6.30. The molecule has 2 aromatic carbocycles. The second kappa shape index (κ2) is 14.5. The van der Waals surface area contributed by atoms with E-state index in [-0.39, 0.29) is 24.8 Å². The van der Waals surface area contributed by atoms with Crippen molar-refractivity contribution in [3.05, 3.63) is 58.4 Å². The largest absolute Gasteiger partial charge is 0.490 e. The molecule has 0 saturated heterocycles. The Hall–Kier alpha value is -1.49. The smallest absolute Gasteiger partial charge is 0.180 e. The normalized spacial score (nSPS) is 10.5. The fourth-order valence-electron chi connectivity index (χ4n) is 2.98. The van der Waals surface area contributed by atoms with Gasteiger partial charge in [-0.3, -0.25) is 0 Å². The molecule has 2 aromatic rings. The maximum absolute atomic E-state index is 13.8. The van der Waals surface area contributed by atoms with Crippen LogP contribution < -0.4 is 14.8 Å². The third kappa shape index (κ3) is 8.81. The first-order valence-electron chi connectivity index (χ1n) is 10.2. The highest BCUT2D eigenvalue weighted by atomic mass is 35.5. The summed E-state index contributed by atoms with van der Waals surface area (Å²) in [6.45, 7) is 6.44. The van der Waals surface area contributed by atoms with Crippen molar-refractivity contribution in [1.82, 2.24) is 5.32 Å². The van der Waals surface area contributed by atoms with Crippen molar-refractivity contribution in [2.75, 3.05) is 13.2 Å². The van der Waals surface area contributed by atoms with Gasteiger partial charge >= 0.3 is 0 Å². The van der Waals surface area contributed by atoms with Crippen LogP contribution in [0.3, 0.4) is 0 Å². The van der Waals surface area contributed by atoms with E-state index < -0.39 is 0 Å². The van der Waals surface area contributed by atoms with Gasteiger partial charge in [-0.2, -0.15) is 0 Å². The molecule has 0 spiro atoms. The maximum atomic E-state index is 13.8. The maximum Gasteiger partial charge on any atom is 0.180 e. The van der Waals surface area contributed by atoms with Gasteiger partial charge in [0.15, 0.2) is 11.5 Å². The van der Waals surface area contributed by atoms with E-state index in [9.17, 15) is 4.39 Å². The summed E-state index contributed by atoms with van der Waals surface area (Å²) in [5.41, 5.74) is 1.52. The molecule has 0 aliphatic rings. The number of nitrogens with one attached hydrogen (secondary N) is 1. The lowest BCUT2D eigenvalue weighted by Gasteiger charge is -2.16. The van der Waals surface area contributed by atoms with E-state index in [0.717, 1.165) is 18.7 Å². The summed E-state index contributed by atoms with van der Waals surface area (Å²) in [5, 5.41) is 3.93. The van der Waals surface area contributed by atoms with Gasteiger partial charge in [0.05, 0.1) is 11.6 Å². The SMILES string of the molecule is CCCCCCCNCc1cc(Cl)c(OCc2ccccc2F)c(OCC)c1.Cl. The van der Waals surface area contributed by atoms with Crippen LogP contribution in [0.25, 0.3) is 0 Å². The van der Waals surface area contributed by atoms with Crippen molar-refractivity contribution >= 4 is 24.0 Å². The van der Waals surface area contributed by atoms with Gasteiger partial charge in [0.1, 0.15) is 12.4 Å². The van der Waals surface area contributed by atoms with E-state index in [4.69, 9.17) is 21.1 Å². The molecule has 29 heavy (non-hydrogen) atoms. The van der Waals surface area contributed by atoms with Gasteiger partial charge < -0.3 is 14.8 Å². The van der Waals surface area contributed by atoms with Crippen LogP contribution in [0.2, 0.25) is 5.02 Å². The molecule has 0 bridgehead atoms. The average molecular weight is 444 g/mol. The molecule has 0 radical (unpaired) electrons.